The lowest BCUT2D eigenvalue weighted by Crippen LogP contribution is -2.46. The molecule has 0 saturated carbocycles. The molecule has 1 N–H and O–H groups in total. The molecule has 1 fully saturated rings. The number of piperidine rings is 1. The van der Waals surface area contributed by atoms with E-state index < -0.39 is 17.9 Å². The van der Waals surface area contributed by atoms with Crippen LogP contribution in [0.1, 0.15) is 39.5 Å². The molecule has 0 amide bonds. The van der Waals surface area contributed by atoms with E-state index in [0.717, 1.165) is 17.9 Å². The van der Waals surface area contributed by atoms with Gasteiger partial charge in [0.1, 0.15) is 0 Å². The number of hydrogen-bond acceptors (Lipinski definition) is 6. The number of rotatable bonds is 6. The Kier molecular flexibility index (Phi) is 6.80. The van der Waals surface area contributed by atoms with Gasteiger partial charge in [-0.2, -0.15) is 5.06 Å². The highest BCUT2D eigenvalue weighted by Crippen LogP contribution is 2.25. The molecule has 1 aliphatic heterocycles. The zero-order valence-electron chi connectivity index (χ0n) is 11.6. The molecule has 0 spiro atoms. The van der Waals surface area contributed by atoms with Gasteiger partial charge >= 0.3 is 11.9 Å². The fraction of sp³-hybridized carbons (Fsp3) is 0.846. The van der Waals surface area contributed by atoms with Crippen molar-refractivity contribution in [3.05, 3.63) is 0 Å². The smallest absolute Gasteiger partial charge is 0.311 e. The maximum atomic E-state index is 12.0. The van der Waals surface area contributed by atoms with E-state index in [-0.39, 0.29) is 25.7 Å². The molecule has 6 heteroatoms. The number of nitrogens with zero attached hydrogens (tertiary/aromatic N) is 1. The summed E-state index contributed by atoms with van der Waals surface area (Å²) in [6.45, 7) is 4.49. The fourth-order valence-corrected chi connectivity index (χ4v) is 2.38. The van der Waals surface area contributed by atoms with Gasteiger partial charge in [-0.15, -0.1) is 0 Å². The zero-order chi connectivity index (χ0) is 14.3. The van der Waals surface area contributed by atoms with E-state index in [9.17, 15) is 14.8 Å². The minimum absolute atomic E-state index is 0.0472. The maximum absolute atomic E-state index is 12.0. The van der Waals surface area contributed by atoms with Crippen molar-refractivity contribution >= 4 is 11.9 Å². The molecular weight excluding hydrogens is 250 g/mol. The van der Waals surface area contributed by atoms with Crippen LogP contribution >= 0.6 is 0 Å². The molecule has 1 aliphatic rings. The summed E-state index contributed by atoms with van der Waals surface area (Å²) >= 11 is 0. The second kappa shape index (κ2) is 8.12. The Balaban J connectivity index is 2.72. The Hall–Kier alpha value is -1.14. The molecule has 1 heterocycles. The summed E-state index contributed by atoms with van der Waals surface area (Å²) < 4.78 is 9.88. The first-order valence-electron chi connectivity index (χ1n) is 6.87. The second-order valence-electron chi connectivity index (χ2n) is 4.59. The summed E-state index contributed by atoms with van der Waals surface area (Å²) in [6, 6.07) is -0.364. The number of carbonyl (C=O) groups is 2. The molecule has 1 rings (SSSR count). The summed E-state index contributed by atoms with van der Waals surface area (Å²) in [5, 5.41) is 11.0. The third-order valence-electron chi connectivity index (χ3n) is 3.27. The number of hydrogen-bond donors (Lipinski definition) is 1. The number of ether oxygens (including phenoxy) is 2. The molecule has 0 radical (unpaired) electrons. The van der Waals surface area contributed by atoms with Crippen LogP contribution in [0.15, 0.2) is 0 Å². The van der Waals surface area contributed by atoms with E-state index >= 15 is 0 Å². The lowest BCUT2D eigenvalue weighted by molar-refractivity contribution is -0.180. The summed E-state index contributed by atoms with van der Waals surface area (Å²) in [6.07, 6.45) is 2.45. The Morgan fingerprint density at radius 1 is 1.26 bits per heavy atom. The molecule has 19 heavy (non-hydrogen) atoms. The third kappa shape index (κ3) is 4.80. The fourth-order valence-electron chi connectivity index (χ4n) is 2.38. The Morgan fingerprint density at radius 3 is 2.53 bits per heavy atom. The molecule has 0 bridgehead atoms. The normalized spacial score (nSPS) is 21.7. The molecule has 6 nitrogen and oxygen atoms in total. The van der Waals surface area contributed by atoms with Crippen molar-refractivity contribution in [3.63, 3.8) is 0 Å². The van der Waals surface area contributed by atoms with Crippen LogP contribution in [-0.2, 0) is 19.1 Å². The maximum Gasteiger partial charge on any atom is 0.311 e. The highest BCUT2D eigenvalue weighted by molar-refractivity contribution is 5.80. The molecule has 0 aromatic carbocycles. The Morgan fingerprint density at radius 2 is 1.95 bits per heavy atom. The molecule has 2 unspecified atom stereocenters. The van der Waals surface area contributed by atoms with Crippen LogP contribution in [0, 0.1) is 5.92 Å². The lowest BCUT2D eigenvalue weighted by atomic mass is 9.89. The minimum Gasteiger partial charge on any atom is -0.466 e. The van der Waals surface area contributed by atoms with Gasteiger partial charge < -0.3 is 14.7 Å². The zero-order valence-corrected chi connectivity index (χ0v) is 11.6. The average Bonchev–Trinajstić information content (AvgIpc) is 2.37. The standard InChI is InChI=1S/C13H23NO5/c1-3-18-12(15)9-10(13(16)19-4-2)11-7-5-6-8-14(11)17/h10-11,17H,3-9H2,1-2H3. The van der Waals surface area contributed by atoms with Crippen LogP contribution in [0.5, 0.6) is 0 Å². The van der Waals surface area contributed by atoms with Crippen LogP contribution in [0.4, 0.5) is 0 Å². The molecule has 0 aliphatic carbocycles. The van der Waals surface area contributed by atoms with E-state index in [1.54, 1.807) is 13.8 Å². The second-order valence-corrected chi connectivity index (χ2v) is 4.59. The van der Waals surface area contributed by atoms with Gasteiger partial charge in [0.15, 0.2) is 0 Å². The van der Waals surface area contributed by atoms with Gasteiger partial charge in [-0.05, 0) is 26.7 Å². The predicted molar refractivity (Wildman–Crippen MR) is 67.5 cm³/mol. The van der Waals surface area contributed by atoms with Crippen LogP contribution in [0.25, 0.3) is 0 Å². The summed E-state index contributed by atoms with van der Waals surface area (Å²) in [7, 11) is 0. The summed E-state index contributed by atoms with van der Waals surface area (Å²) in [5.74, 6) is -1.54. The quantitative estimate of drug-likeness (QED) is 0.736. The predicted octanol–water partition coefficient (Wildman–Crippen LogP) is 1.36. The topological polar surface area (TPSA) is 76.1 Å². The van der Waals surface area contributed by atoms with Gasteiger partial charge in [-0.3, -0.25) is 9.59 Å². The van der Waals surface area contributed by atoms with E-state index in [0.29, 0.717) is 13.0 Å². The first-order valence-corrected chi connectivity index (χ1v) is 6.87. The van der Waals surface area contributed by atoms with Crippen molar-refractivity contribution in [2.45, 2.75) is 45.6 Å². The van der Waals surface area contributed by atoms with Crippen LogP contribution in [0.3, 0.4) is 0 Å². The molecule has 2 atom stereocenters. The average molecular weight is 273 g/mol. The van der Waals surface area contributed by atoms with E-state index in [2.05, 4.69) is 0 Å². The van der Waals surface area contributed by atoms with Crippen molar-refractivity contribution in [1.82, 2.24) is 5.06 Å². The van der Waals surface area contributed by atoms with Crippen molar-refractivity contribution in [2.75, 3.05) is 19.8 Å². The van der Waals surface area contributed by atoms with Crippen molar-refractivity contribution < 1.29 is 24.3 Å². The molecule has 0 aromatic heterocycles. The number of carbonyl (C=O) groups excluding carboxylic acids is 2. The van der Waals surface area contributed by atoms with Gasteiger partial charge in [0, 0.05) is 12.6 Å². The number of hydroxylamine groups is 2. The number of esters is 2. The van der Waals surface area contributed by atoms with Crippen molar-refractivity contribution in [1.29, 1.82) is 0 Å². The minimum atomic E-state index is -0.663. The highest BCUT2D eigenvalue weighted by Gasteiger charge is 2.36. The van der Waals surface area contributed by atoms with Crippen LogP contribution < -0.4 is 0 Å². The van der Waals surface area contributed by atoms with Crippen LogP contribution in [0.2, 0.25) is 0 Å². The molecule has 1 saturated heterocycles. The monoisotopic (exact) mass is 273 g/mol. The first kappa shape index (κ1) is 15.9. The SMILES string of the molecule is CCOC(=O)CC(C(=O)OCC)C1CCCCN1O. The summed E-state index contributed by atoms with van der Waals surface area (Å²) in [4.78, 5) is 23.5. The summed E-state index contributed by atoms with van der Waals surface area (Å²) in [5.41, 5.74) is 0. The Labute approximate surface area is 113 Å². The van der Waals surface area contributed by atoms with Gasteiger partial charge in [-0.1, -0.05) is 6.42 Å². The van der Waals surface area contributed by atoms with E-state index in [1.165, 1.54) is 0 Å². The van der Waals surface area contributed by atoms with Gasteiger partial charge in [0.25, 0.3) is 0 Å². The third-order valence-corrected chi connectivity index (χ3v) is 3.27. The lowest BCUT2D eigenvalue weighted by Gasteiger charge is -2.34. The van der Waals surface area contributed by atoms with Crippen LogP contribution in [-0.4, -0.2) is 48.0 Å². The van der Waals surface area contributed by atoms with Crippen molar-refractivity contribution in [3.8, 4) is 0 Å². The van der Waals surface area contributed by atoms with Crippen molar-refractivity contribution in [2.24, 2.45) is 5.92 Å². The largest absolute Gasteiger partial charge is 0.466 e. The Bertz CT molecular complexity index is 307. The molecule has 110 valence electrons. The first-order chi connectivity index (χ1) is 9.10. The van der Waals surface area contributed by atoms with Gasteiger partial charge in [0.2, 0.25) is 0 Å². The molecular formula is C13H23NO5. The molecule has 0 aromatic rings. The highest BCUT2D eigenvalue weighted by atomic mass is 16.5. The van der Waals surface area contributed by atoms with E-state index in [1.807, 2.05) is 0 Å². The van der Waals surface area contributed by atoms with Gasteiger partial charge in [0.05, 0.1) is 25.6 Å². The van der Waals surface area contributed by atoms with Gasteiger partial charge in [-0.25, -0.2) is 0 Å². The van der Waals surface area contributed by atoms with E-state index in [4.69, 9.17) is 9.47 Å².